The standard InChI is InChI=1S/C20H27F5O7S/c1-4-16(2,3)15(27)32-18-8-11-5-12(9-18)7-17(6-11,10-18)31-14(26)13(19(21,22)23)20(24,25)33(28,29)30/h11-13H,4-10H2,1-3H3,(H,28,29,30)/p-1. The topological polar surface area (TPSA) is 110 Å². The van der Waals surface area contributed by atoms with Crippen LogP contribution in [0, 0.1) is 23.2 Å². The molecule has 3 unspecified atom stereocenters. The van der Waals surface area contributed by atoms with Crippen molar-refractivity contribution in [1.29, 1.82) is 0 Å². The molecule has 0 aromatic heterocycles. The lowest BCUT2D eigenvalue weighted by Crippen LogP contribution is -2.63. The smallest absolute Gasteiger partial charge is 0.409 e. The highest BCUT2D eigenvalue weighted by atomic mass is 32.2. The van der Waals surface area contributed by atoms with Gasteiger partial charge in [-0.3, -0.25) is 9.59 Å². The van der Waals surface area contributed by atoms with Gasteiger partial charge in [0.25, 0.3) is 0 Å². The molecule has 13 heteroatoms. The molecule has 0 aromatic rings. The molecule has 33 heavy (non-hydrogen) atoms. The summed E-state index contributed by atoms with van der Waals surface area (Å²) in [6.07, 6.45) is -4.15. The summed E-state index contributed by atoms with van der Waals surface area (Å²) in [4.78, 5) is 25.1. The maximum Gasteiger partial charge on any atom is 0.409 e. The van der Waals surface area contributed by atoms with Crippen LogP contribution in [0.4, 0.5) is 22.0 Å². The highest BCUT2D eigenvalue weighted by Crippen LogP contribution is 2.61. The molecule has 0 aromatic carbocycles. The van der Waals surface area contributed by atoms with Gasteiger partial charge in [-0.1, -0.05) is 6.92 Å². The molecule has 0 N–H and O–H groups in total. The van der Waals surface area contributed by atoms with E-state index in [1.54, 1.807) is 20.8 Å². The van der Waals surface area contributed by atoms with Crippen molar-refractivity contribution in [2.24, 2.45) is 23.2 Å². The Balaban J connectivity index is 1.90. The quantitative estimate of drug-likeness (QED) is 0.293. The number of ether oxygens (including phenoxy) is 2. The predicted octanol–water partition coefficient (Wildman–Crippen LogP) is 3.92. The Morgan fingerprint density at radius 2 is 1.45 bits per heavy atom. The average molecular weight is 505 g/mol. The van der Waals surface area contributed by atoms with Gasteiger partial charge in [0.2, 0.25) is 5.92 Å². The summed E-state index contributed by atoms with van der Waals surface area (Å²) in [5, 5.41) is -5.94. The van der Waals surface area contributed by atoms with Gasteiger partial charge in [0.05, 0.1) is 5.41 Å². The Morgan fingerprint density at radius 1 is 1.00 bits per heavy atom. The molecule has 0 aliphatic heterocycles. The lowest BCUT2D eigenvalue weighted by atomic mass is 9.52. The van der Waals surface area contributed by atoms with Crippen LogP contribution in [0.2, 0.25) is 0 Å². The molecule has 0 radical (unpaired) electrons. The fraction of sp³-hybridized carbons (Fsp3) is 0.900. The van der Waals surface area contributed by atoms with Crippen LogP contribution in [0.1, 0.15) is 65.7 Å². The van der Waals surface area contributed by atoms with Crippen molar-refractivity contribution in [3.8, 4) is 0 Å². The molecule has 0 amide bonds. The number of alkyl halides is 5. The summed E-state index contributed by atoms with van der Waals surface area (Å²) in [5.41, 5.74) is -3.57. The molecule has 190 valence electrons. The minimum atomic E-state index is -6.82. The van der Waals surface area contributed by atoms with Crippen molar-refractivity contribution in [2.75, 3.05) is 0 Å². The van der Waals surface area contributed by atoms with E-state index < -0.39 is 56.0 Å². The minimum absolute atomic E-state index is 0.0754. The molecule has 4 rings (SSSR count). The second-order valence-electron chi connectivity index (χ2n) is 10.4. The molecule has 0 spiro atoms. The first-order valence-electron chi connectivity index (χ1n) is 10.6. The van der Waals surface area contributed by atoms with Crippen molar-refractivity contribution >= 4 is 22.1 Å². The lowest BCUT2D eigenvalue weighted by molar-refractivity contribution is -0.257. The van der Waals surface area contributed by atoms with E-state index in [1.165, 1.54) is 0 Å². The van der Waals surface area contributed by atoms with Crippen molar-refractivity contribution in [3.63, 3.8) is 0 Å². The maximum absolute atomic E-state index is 13.9. The molecule has 7 nitrogen and oxygen atoms in total. The van der Waals surface area contributed by atoms with Gasteiger partial charge in [0.1, 0.15) is 11.2 Å². The molecule has 0 heterocycles. The molecule has 0 saturated heterocycles. The zero-order valence-corrected chi connectivity index (χ0v) is 19.2. The Morgan fingerprint density at radius 3 is 1.85 bits per heavy atom. The molecule has 4 fully saturated rings. The van der Waals surface area contributed by atoms with Crippen LogP contribution in [0.15, 0.2) is 0 Å². The Bertz CT molecular complexity index is 914. The fourth-order valence-electron chi connectivity index (χ4n) is 5.69. The zero-order valence-electron chi connectivity index (χ0n) is 18.3. The predicted molar refractivity (Wildman–Crippen MR) is 101 cm³/mol. The highest BCUT2D eigenvalue weighted by molar-refractivity contribution is 7.86. The largest absolute Gasteiger partial charge is 0.743 e. The Kier molecular flexibility index (Phi) is 6.14. The van der Waals surface area contributed by atoms with Crippen molar-refractivity contribution in [2.45, 2.75) is 88.3 Å². The summed E-state index contributed by atoms with van der Waals surface area (Å²) < 4.78 is 111. The molecular formula is C20H26F5O7S-. The third-order valence-corrected chi connectivity index (χ3v) is 8.15. The van der Waals surface area contributed by atoms with Crippen LogP contribution in [-0.2, 0) is 29.2 Å². The highest BCUT2D eigenvalue weighted by Gasteiger charge is 2.68. The molecule has 4 saturated carbocycles. The summed E-state index contributed by atoms with van der Waals surface area (Å²) in [6.45, 7) is 5.13. The van der Waals surface area contributed by atoms with Crippen LogP contribution in [0.25, 0.3) is 0 Å². The van der Waals surface area contributed by atoms with Gasteiger partial charge in [-0.15, -0.1) is 0 Å². The number of rotatable bonds is 7. The first kappa shape index (κ1) is 26.1. The number of hydrogen-bond donors (Lipinski definition) is 0. The Hall–Kier alpha value is -1.50. The minimum Gasteiger partial charge on any atom is -0.743 e. The van der Waals surface area contributed by atoms with E-state index >= 15 is 0 Å². The first-order chi connectivity index (χ1) is 14.8. The monoisotopic (exact) mass is 505 g/mol. The van der Waals surface area contributed by atoms with E-state index in [-0.39, 0.29) is 31.1 Å². The maximum atomic E-state index is 13.9. The number of carbonyl (C=O) groups excluding carboxylic acids is 2. The van der Waals surface area contributed by atoms with Crippen LogP contribution in [-0.4, -0.2) is 47.5 Å². The second-order valence-corrected chi connectivity index (χ2v) is 11.8. The van der Waals surface area contributed by atoms with Gasteiger partial charge in [-0.25, -0.2) is 8.42 Å². The fourth-order valence-corrected chi connectivity index (χ4v) is 6.21. The molecular weight excluding hydrogens is 479 g/mol. The second kappa shape index (κ2) is 7.76. The summed E-state index contributed by atoms with van der Waals surface area (Å²) in [7, 11) is -6.82. The zero-order chi connectivity index (χ0) is 25.3. The number of hydrogen-bond acceptors (Lipinski definition) is 7. The Labute approximate surface area is 188 Å². The van der Waals surface area contributed by atoms with E-state index in [4.69, 9.17) is 9.47 Å². The van der Waals surface area contributed by atoms with Gasteiger partial charge in [0.15, 0.2) is 10.1 Å². The van der Waals surface area contributed by atoms with E-state index in [0.29, 0.717) is 25.7 Å². The summed E-state index contributed by atoms with van der Waals surface area (Å²) in [5.74, 6) is -7.86. The number of carbonyl (C=O) groups is 2. The van der Waals surface area contributed by atoms with Crippen LogP contribution < -0.4 is 0 Å². The van der Waals surface area contributed by atoms with Crippen LogP contribution in [0.5, 0.6) is 0 Å². The van der Waals surface area contributed by atoms with Gasteiger partial charge < -0.3 is 14.0 Å². The van der Waals surface area contributed by atoms with Gasteiger partial charge in [-0.05, 0) is 64.2 Å². The van der Waals surface area contributed by atoms with Crippen LogP contribution in [0.3, 0.4) is 0 Å². The lowest BCUT2D eigenvalue weighted by Gasteiger charge is -2.60. The first-order valence-corrected chi connectivity index (χ1v) is 12.0. The van der Waals surface area contributed by atoms with E-state index in [9.17, 15) is 44.5 Å². The SMILES string of the molecule is CCC(C)(C)C(=O)OC12CC3CC(CC(OC(=O)C(C(F)(F)F)C(F)(F)S(=O)(=O)[O-])(C3)C1)C2. The van der Waals surface area contributed by atoms with E-state index in [0.717, 1.165) is 0 Å². The van der Waals surface area contributed by atoms with Crippen molar-refractivity contribution < 1.29 is 54.0 Å². The van der Waals surface area contributed by atoms with E-state index in [1.807, 2.05) is 0 Å². The summed E-state index contributed by atoms with van der Waals surface area (Å²) >= 11 is 0. The van der Waals surface area contributed by atoms with Gasteiger partial charge in [0, 0.05) is 6.42 Å². The van der Waals surface area contributed by atoms with E-state index in [2.05, 4.69) is 0 Å². The molecule has 3 atom stereocenters. The van der Waals surface area contributed by atoms with Gasteiger partial charge in [-0.2, -0.15) is 22.0 Å². The average Bonchev–Trinajstić information content (AvgIpc) is 2.56. The third-order valence-electron chi connectivity index (χ3n) is 7.25. The molecule has 4 aliphatic carbocycles. The molecule has 4 bridgehead atoms. The number of esters is 2. The van der Waals surface area contributed by atoms with Gasteiger partial charge >= 0.3 is 23.4 Å². The normalized spacial score (nSPS) is 33.0. The van der Waals surface area contributed by atoms with Crippen molar-refractivity contribution in [1.82, 2.24) is 0 Å². The van der Waals surface area contributed by atoms with Crippen LogP contribution >= 0.6 is 0 Å². The summed E-state index contributed by atoms with van der Waals surface area (Å²) in [6, 6.07) is 0. The molecule has 4 aliphatic rings. The number of halogens is 5. The van der Waals surface area contributed by atoms with Crippen molar-refractivity contribution in [3.05, 3.63) is 0 Å². The third kappa shape index (κ3) is 4.71.